The number of rotatable bonds is 4. The molecular weight excluding hydrogens is 262 g/mol. The van der Waals surface area contributed by atoms with Crippen LogP contribution in [-0.4, -0.2) is 20.3 Å². The van der Waals surface area contributed by atoms with Crippen molar-refractivity contribution >= 4 is 17.3 Å². The third-order valence-corrected chi connectivity index (χ3v) is 4.16. The first-order chi connectivity index (χ1) is 9.13. The summed E-state index contributed by atoms with van der Waals surface area (Å²) in [6.07, 6.45) is 4.96. The molecule has 106 valence electrons. The van der Waals surface area contributed by atoms with Gasteiger partial charge in [0.25, 0.3) is 0 Å². The van der Waals surface area contributed by atoms with E-state index in [-0.39, 0.29) is 0 Å². The highest BCUT2D eigenvalue weighted by atomic mass is 35.5. The summed E-state index contributed by atoms with van der Waals surface area (Å²) in [7, 11) is 3.25. The Balaban J connectivity index is 2.11. The van der Waals surface area contributed by atoms with Gasteiger partial charge in [0, 0.05) is 18.2 Å². The van der Waals surface area contributed by atoms with E-state index < -0.39 is 0 Å². The first-order valence-electron chi connectivity index (χ1n) is 6.82. The van der Waals surface area contributed by atoms with Gasteiger partial charge in [-0.1, -0.05) is 18.5 Å². The number of hydrogen-bond donors (Lipinski definition) is 1. The van der Waals surface area contributed by atoms with E-state index in [9.17, 15) is 0 Å². The summed E-state index contributed by atoms with van der Waals surface area (Å²) in [4.78, 5) is 0. The zero-order valence-corrected chi connectivity index (χ0v) is 12.6. The van der Waals surface area contributed by atoms with Gasteiger partial charge in [-0.15, -0.1) is 0 Å². The maximum Gasteiger partial charge on any atom is 0.162 e. The molecule has 1 fully saturated rings. The number of halogens is 1. The molecule has 19 heavy (non-hydrogen) atoms. The molecule has 0 bridgehead atoms. The van der Waals surface area contributed by atoms with Crippen LogP contribution in [0.4, 0.5) is 5.69 Å². The molecule has 1 saturated carbocycles. The van der Waals surface area contributed by atoms with Crippen molar-refractivity contribution in [2.45, 2.75) is 38.6 Å². The molecule has 1 aliphatic rings. The van der Waals surface area contributed by atoms with E-state index >= 15 is 0 Å². The molecule has 0 aromatic heterocycles. The van der Waals surface area contributed by atoms with Gasteiger partial charge in [0.05, 0.1) is 24.9 Å². The minimum Gasteiger partial charge on any atom is -0.493 e. The largest absolute Gasteiger partial charge is 0.493 e. The minimum atomic E-state index is 0.506. The fourth-order valence-electron chi connectivity index (χ4n) is 2.59. The van der Waals surface area contributed by atoms with Crippen LogP contribution in [0, 0.1) is 5.92 Å². The summed E-state index contributed by atoms with van der Waals surface area (Å²) in [6.45, 7) is 2.32. The standard InChI is InChI=1S/C15H22ClNO2/c1-10-4-6-11(7-5-10)17-13-9-15(19-3)14(18-2)8-12(13)16/h8-11,17H,4-7H2,1-3H3. The lowest BCUT2D eigenvalue weighted by Gasteiger charge is -2.28. The lowest BCUT2D eigenvalue weighted by atomic mass is 9.87. The average Bonchev–Trinajstić information content (AvgIpc) is 2.43. The predicted octanol–water partition coefficient (Wildman–Crippen LogP) is 4.35. The second kappa shape index (κ2) is 6.38. The molecule has 0 heterocycles. The molecule has 1 aliphatic carbocycles. The number of benzene rings is 1. The minimum absolute atomic E-state index is 0.506. The number of anilines is 1. The Bertz CT molecular complexity index is 428. The molecule has 0 saturated heterocycles. The number of nitrogens with one attached hydrogen (secondary N) is 1. The number of methoxy groups -OCH3 is 2. The first-order valence-corrected chi connectivity index (χ1v) is 7.20. The summed E-state index contributed by atoms with van der Waals surface area (Å²) in [5.41, 5.74) is 0.930. The van der Waals surface area contributed by atoms with E-state index in [4.69, 9.17) is 21.1 Å². The van der Waals surface area contributed by atoms with Crippen LogP contribution in [0.25, 0.3) is 0 Å². The summed E-state index contributed by atoms with van der Waals surface area (Å²) in [6, 6.07) is 4.22. The smallest absolute Gasteiger partial charge is 0.162 e. The van der Waals surface area contributed by atoms with E-state index in [1.807, 2.05) is 6.07 Å². The van der Waals surface area contributed by atoms with E-state index in [1.165, 1.54) is 25.7 Å². The summed E-state index contributed by atoms with van der Waals surface area (Å²) in [5, 5.41) is 4.21. The quantitative estimate of drug-likeness (QED) is 0.891. The van der Waals surface area contributed by atoms with Crippen molar-refractivity contribution in [1.82, 2.24) is 0 Å². The molecule has 0 aliphatic heterocycles. The van der Waals surface area contributed by atoms with Crippen molar-refractivity contribution in [2.24, 2.45) is 5.92 Å². The van der Waals surface area contributed by atoms with Crippen molar-refractivity contribution in [2.75, 3.05) is 19.5 Å². The molecule has 1 N–H and O–H groups in total. The Labute approximate surface area is 120 Å². The molecule has 1 aromatic carbocycles. The lowest BCUT2D eigenvalue weighted by Crippen LogP contribution is -2.25. The molecule has 0 unspecified atom stereocenters. The zero-order chi connectivity index (χ0) is 13.8. The van der Waals surface area contributed by atoms with Crippen molar-refractivity contribution in [3.63, 3.8) is 0 Å². The Kier molecular flexibility index (Phi) is 4.81. The van der Waals surface area contributed by atoms with E-state index in [2.05, 4.69) is 12.2 Å². The van der Waals surface area contributed by atoms with Crippen LogP contribution in [-0.2, 0) is 0 Å². The average molecular weight is 284 g/mol. The van der Waals surface area contributed by atoms with Crippen LogP contribution in [0.5, 0.6) is 11.5 Å². The molecule has 3 nitrogen and oxygen atoms in total. The first kappa shape index (κ1) is 14.3. The third-order valence-electron chi connectivity index (χ3n) is 3.85. The molecule has 1 aromatic rings. The fraction of sp³-hybridized carbons (Fsp3) is 0.600. The van der Waals surface area contributed by atoms with Crippen LogP contribution < -0.4 is 14.8 Å². The topological polar surface area (TPSA) is 30.5 Å². The van der Waals surface area contributed by atoms with Crippen LogP contribution in [0.1, 0.15) is 32.6 Å². The monoisotopic (exact) mass is 283 g/mol. The van der Waals surface area contributed by atoms with E-state index in [0.717, 1.165) is 11.6 Å². The van der Waals surface area contributed by atoms with Crippen molar-refractivity contribution in [1.29, 1.82) is 0 Å². The number of ether oxygens (including phenoxy) is 2. The maximum absolute atomic E-state index is 6.29. The van der Waals surface area contributed by atoms with Crippen molar-refractivity contribution < 1.29 is 9.47 Å². The maximum atomic E-state index is 6.29. The van der Waals surface area contributed by atoms with Gasteiger partial charge in [0.15, 0.2) is 11.5 Å². The Hall–Kier alpha value is -1.09. The fourth-order valence-corrected chi connectivity index (χ4v) is 2.80. The van der Waals surface area contributed by atoms with Gasteiger partial charge in [-0.3, -0.25) is 0 Å². The highest BCUT2D eigenvalue weighted by Gasteiger charge is 2.19. The van der Waals surface area contributed by atoms with E-state index in [0.29, 0.717) is 22.6 Å². The molecule has 0 spiro atoms. The Morgan fingerprint density at radius 2 is 1.63 bits per heavy atom. The molecule has 4 heteroatoms. The SMILES string of the molecule is COc1cc(Cl)c(NC2CCC(C)CC2)cc1OC. The summed E-state index contributed by atoms with van der Waals surface area (Å²) in [5.74, 6) is 2.22. The summed E-state index contributed by atoms with van der Waals surface area (Å²) < 4.78 is 10.6. The third kappa shape index (κ3) is 3.47. The van der Waals surface area contributed by atoms with Crippen molar-refractivity contribution in [3.05, 3.63) is 17.2 Å². The van der Waals surface area contributed by atoms with Crippen molar-refractivity contribution in [3.8, 4) is 11.5 Å². The van der Waals surface area contributed by atoms with Crippen LogP contribution in [0.15, 0.2) is 12.1 Å². The van der Waals surface area contributed by atoms with Gasteiger partial charge in [-0.05, 0) is 31.6 Å². The van der Waals surface area contributed by atoms with Gasteiger partial charge in [0.1, 0.15) is 0 Å². The molecular formula is C15H22ClNO2. The molecule has 0 amide bonds. The van der Waals surface area contributed by atoms with Gasteiger partial charge < -0.3 is 14.8 Å². The van der Waals surface area contributed by atoms with Gasteiger partial charge in [-0.2, -0.15) is 0 Å². The summed E-state index contributed by atoms with van der Waals surface area (Å²) >= 11 is 6.29. The second-order valence-electron chi connectivity index (χ2n) is 5.29. The molecule has 0 atom stereocenters. The normalized spacial score (nSPS) is 22.9. The van der Waals surface area contributed by atoms with Gasteiger partial charge >= 0.3 is 0 Å². The van der Waals surface area contributed by atoms with Gasteiger partial charge in [0.2, 0.25) is 0 Å². The van der Waals surface area contributed by atoms with Crippen LogP contribution in [0.2, 0.25) is 5.02 Å². The highest BCUT2D eigenvalue weighted by Crippen LogP contribution is 2.37. The Morgan fingerprint density at radius 1 is 1.05 bits per heavy atom. The highest BCUT2D eigenvalue weighted by molar-refractivity contribution is 6.33. The predicted molar refractivity (Wildman–Crippen MR) is 79.6 cm³/mol. The zero-order valence-electron chi connectivity index (χ0n) is 11.8. The van der Waals surface area contributed by atoms with Crippen LogP contribution in [0.3, 0.4) is 0 Å². The Morgan fingerprint density at radius 3 is 2.21 bits per heavy atom. The molecule has 2 rings (SSSR count). The number of hydrogen-bond acceptors (Lipinski definition) is 3. The second-order valence-corrected chi connectivity index (χ2v) is 5.70. The van der Waals surface area contributed by atoms with Crippen LogP contribution >= 0.6 is 11.6 Å². The van der Waals surface area contributed by atoms with E-state index in [1.54, 1.807) is 20.3 Å². The van der Waals surface area contributed by atoms with Gasteiger partial charge in [-0.25, -0.2) is 0 Å². The lowest BCUT2D eigenvalue weighted by molar-refractivity contribution is 0.353. The molecule has 0 radical (unpaired) electrons.